The zero-order chi connectivity index (χ0) is 43.7. The molecule has 12 nitrogen and oxygen atoms in total. The van der Waals surface area contributed by atoms with E-state index in [0.717, 1.165) is 12.4 Å². The number of nitrogens with zero attached hydrogens (tertiary/aromatic N) is 2. The van der Waals surface area contributed by atoms with Crippen LogP contribution in [0, 0.1) is 13.8 Å². The predicted octanol–water partition coefficient (Wildman–Crippen LogP) is 0.325. The number of carboxylic acids is 2. The molecular formula is C48H46N2Na2O10. The molecule has 0 amide bonds. The van der Waals surface area contributed by atoms with Crippen LogP contribution < -0.4 is 69.3 Å². The zero-order valence-electron chi connectivity index (χ0n) is 36.0. The van der Waals surface area contributed by atoms with Crippen molar-refractivity contribution in [1.29, 1.82) is 0 Å². The number of aryl methyl sites for hydroxylation is 2. The van der Waals surface area contributed by atoms with Gasteiger partial charge in [-0.05, 0) is 58.7 Å². The molecular weight excluding hydrogens is 811 g/mol. The molecule has 6 N–H and O–H groups in total. The first kappa shape index (κ1) is 49.6. The number of rotatable bonds is 13. The maximum Gasteiger partial charge on any atom is 1.00 e. The van der Waals surface area contributed by atoms with Gasteiger partial charge in [0.15, 0.2) is 23.0 Å². The number of fused-ring (bicyclic) bond motifs is 2. The van der Waals surface area contributed by atoms with Crippen molar-refractivity contribution in [3.05, 3.63) is 117 Å². The third-order valence-electron chi connectivity index (χ3n) is 10.8. The molecule has 2 atom stereocenters. The van der Waals surface area contributed by atoms with Gasteiger partial charge in [0, 0.05) is 69.4 Å². The van der Waals surface area contributed by atoms with E-state index in [-0.39, 0.29) is 117 Å². The molecule has 0 saturated heterocycles. The van der Waals surface area contributed by atoms with E-state index in [1.807, 2.05) is 0 Å². The number of aromatic hydroxyl groups is 6. The minimum atomic E-state index is -1.49. The molecule has 6 aromatic rings. The Labute approximate surface area is 403 Å². The Bertz CT molecular complexity index is 2530. The van der Waals surface area contributed by atoms with Crippen LogP contribution in [0.5, 0.6) is 34.5 Å². The molecule has 0 aliphatic heterocycles. The van der Waals surface area contributed by atoms with Crippen LogP contribution in [0.2, 0.25) is 0 Å². The second kappa shape index (κ2) is 20.4. The number of hydrogen-bond donors (Lipinski definition) is 6. The van der Waals surface area contributed by atoms with E-state index in [2.05, 4.69) is 9.98 Å². The van der Waals surface area contributed by atoms with Crippen molar-refractivity contribution < 1.29 is 110 Å². The SMILES string of the molecule is Cc1cc2c(C(C)C)c(O)c(O)c(C=N[C@@H](Cc3ccccc3)C(=O)[O-])c2c(O)c1-c1c(C)cc2c(C(C)C)c(O)c(O)c(C=N[C@@H](Cc3ccccc3)C(=O)[O-])c2c1O.[Na+].[Na+]. The number of phenols is 6. The first-order valence-electron chi connectivity index (χ1n) is 19.5. The van der Waals surface area contributed by atoms with E-state index in [1.54, 1.807) is 114 Å². The van der Waals surface area contributed by atoms with Crippen LogP contribution in [0.15, 0.2) is 82.8 Å². The van der Waals surface area contributed by atoms with Crippen molar-refractivity contribution in [2.24, 2.45) is 9.98 Å². The smallest absolute Gasteiger partial charge is 0.548 e. The standard InChI is InChI=1S/C48H48N2O10.2Na/c1-23(2)35-29-17-25(5)37(43(53)39(29)31(41(51)45(35)55)21-49-33(47(57)58)19-27-13-9-7-10-14-27)38-26(6)18-30-36(24(3)4)46(56)42(52)32(40(30)44(38)54)22-50-34(48(59)60)20-28-15-11-8-12-16-28;;/h7-18,21-24,33-34,51-56H,19-20H2,1-6H3,(H,57,58)(H,59,60);;/q;2*+1/p-2/t33-,34-;;/m0../s1. The molecule has 0 saturated carbocycles. The van der Waals surface area contributed by atoms with E-state index in [0.29, 0.717) is 44.2 Å². The molecule has 6 aromatic carbocycles. The molecule has 6 rings (SSSR count). The van der Waals surface area contributed by atoms with Gasteiger partial charge in [0.2, 0.25) is 0 Å². The summed E-state index contributed by atoms with van der Waals surface area (Å²) in [6.07, 6.45) is 2.06. The Morgan fingerprint density at radius 1 is 0.548 bits per heavy atom. The number of aliphatic carboxylic acids is 2. The second-order valence-electron chi connectivity index (χ2n) is 15.6. The summed E-state index contributed by atoms with van der Waals surface area (Å²) in [5.41, 5.74) is 2.56. The quantitative estimate of drug-likeness (QED) is 0.0530. The number of hydrogen-bond acceptors (Lipinski definition) is 12. The maximum atomic E-state index is 12.4. The van der Waals surface area contributed by atoms with Crippen molar-refractivity contribution in [3.8, 4) is 45.6 Å². The summed E-state index contributed by atoms with van der Waals surface area (Å²) in [5.74, 6) is -6.90. The number of carboxylic acid groups (broad SMARTS) is 2. The number of carbonyl (C=O) groups excluding carboxylic acids is 2. The fourth-order valence-electron chi connectivity index (χ4n) is 8.02. The van der Waals surface area contributed by atoms with Crippen LogP contribution in [0.4, 0.5) is 0 Å². The Balaban J connectivity index is 0.00000422. The van der Waals surface area contributed by atoms with Crippen molar-refractivity contribution >= 4 is 45.9 Å². The van der Waals surface area contributed by atoms with Gasteiger partial charge in [0.1, 0.15) is 11.5 Å². The summed E-state index contributed by atoms with van der Waals surface area (Å²) in [7, 11) is 0. The first-order chi connectivity index (χ1) is 28.4. The molecule has 14 heteroatoms. The first-order valence-corrected chi connectivity index (χ1v) is 19.5. The zero-order valence-corrected chi connectivity index (χ0v) is 40.0. The van der Waals surface area contributed by atoms with Crippen LogP contribution in [0.3, 0.4) is 0 Å². The fourth-order valence-corrected chi connectivity index (χ4v) is 8.02. The van der Waals surface area contributed by atoms with Gasteiger partial charge in [0.25, 0.3) is 0 Å². The van der Waals surface area contributed by atoms with E-state index < -0.39 is 58.5 Å². The van der Waals surface area contributed by atoms with E-state index in [4.69, 9.17) is 0 Å². The normalized spacial score (nSPS) is 12.6. The van der Waals surface area contributed by atoms with Gasteiger partial charge in [-0.2, -0.15) is 0 Å². The van der Waals surface area contributed by atoms with Gasteiger partial charge in [-0.1, -0.05) is 100 Å². The van der Waals surface area contributed by atoms with Crippen LogP contribution in [-0.2, 0) is 22.4 Å². The van der Waals surface area contributed by atoms with E-state index in [9.17, 15) is 50.4 Å². The van der Waals surface area contributed by atoms with Crippen LogP contribution >= 0.6 is 0 Å². The van der Waals surface area contributed by atoms with Crippen LogP contribution in [0.1, 0.15) is 84.0 Å². The third-order valence-corrected chi connectivity index (χ3v) is 10.8. The Hall–Kier alpha value is -5.08. The minimum Gasteiger partial charge on any atom is -0.548 e. The van der Waals surface area contributed by atoms with E-state index in [1.165, 1.54) is 0 Å². The van der Waals surface area contributed by atoms with Crippen molar-refractivity contribution in [3.63, 3.8) is 0 Å². The van der Waals surface area contributed by atoms with Crippen LogP contribution in [0.25, 0.3) is 32.7 Å². The average molecular weight is 857 g/mol. The Morgan fingerprint density at radius 3 is 1.16 bits per heavy atom. The topological polar surface area (TPSA) is 226 Å². The van der Waals surface area contributed by atoms with Crippen LogP contribution in [-0.4, -0.2) is 67.1 Å². The van der Waals surface area contributed by atoms with Gasteiger partial charge in [-0.25, -0.2) is 0 Å². The largest absolute Gasteiger partial charge is 1.00 e. The molecule has 0 heterocycles. The van der Waals surface area contributed by atoms with Crippen molar-refractivity contribution in [2.45, 2.75) is 78.3 Å². The summed E-state index contributed by atoms with van der Waals surface area (Å²) in [4.78, 5) is 33.0. The third kappa shape index (κ3) is 9.61. The summed E-state index contributed by atoms with van der Waals surface area (Å²) >= 11 is 0. The molecule has 62 heavy (non-hydrogen) atoms. The number of benzene rings is 6. The molecule has 0 aromatic heterocycles. The molecule has 0 spiro atoms. The van der Waals surface area contributed by atoms with Crippen molar-refractivity contribution in [2.75, 3.05) is 0 Å². The Morgan fingerprint density at radius 2 is 0.871 bits per heavy atom. The molecule has 0 radical (unpaired) electrons. The summed E-state index contributed by atoms with van der Waals surface area (Å²) in [5, 5.41) is 95.7. The van der Waals surface area contributed by atoms with Gasteiger partial charge in [0.05, 0.1) is 24.0 Å². The average Bonchev–Trinajstić information content (AvgIpc) is 3.19. The van der Waals surface area contributed by atoms with Gasteiger partial charge >= 0.3 is 59.1 Å². The Kier molecular flexibility index (Phi) is 16.3. The molecule has 0 fully saturated rings. The maximum absolute atomic E-state index is 12.4. The second-order valence-corrected chi connectivity index (χ2v) is 15.6. The number of phenolic OH excluding ortho intramolecular Hbond substituents is 6. The molecule has 310 valence electrons. The summed E-state index contributed by atoms with van der Waals surface area (Å²) in [6, 6.07) is 18.0. The van der Waals surface area contributed by atoms with Gasteiger partial charge in [-0.3, -0.25) is 9.98 Å². The van der Waals surface area contributed by atoms with E-state index >= 15 is 0 Å². The molecule has 0 aliphatic carbocycles. The molecule has 0 unspecified atom stereocenters. The number of aliphatic imine (C=N–C) groups is 2. The molecule has 0 aliphatic rings. The van der Waals surface area contributed by atoms with Gasteiger partial charge < -0.3 is 50.4 Å². The predicted molar refractivity (Wildman–Crippen MR) is 228 cm³/mol. The van der Waals surface area contributed by atoms with Crippen molar-refractivity contribution in [1.82, 2.24) is 0 Å². The fraction of sp³-hybridized carbons (Fsp3) is 0.250. The summed E-state index contributed by atoms with van der Waals surface area (Å²) < 4.78 is 0. The minimum absolute atomic E-state index is 0. The number of carbonyl (C=O) groups is 2. The van der Waals surface area contributed by atoms with Gasteiger partial charge in [-0.15, -0.1) is 0 Å². The molecule has 0 bridgehead atoms. The summed E-state index contributed by atoms with van der Waals surface area (Å²) in [6.45, 7) is 10.5. The monoisotopic (exact) mass is 856 g/mol.